The second-order valence-electron chi connectivity index (χ2n) is 5.03. The molecular weight excluding hydrogens is 204 g/mol. The van der Waals surface area contributed by atoms with Gasteiger partial charge in [-0.1, -0.05) is 0 Å². The van der Waals surface area contributed by atoms with Crippen LogP contribution in [0.4, 0.5) is 0 Å². The van der Waals surface area contributed by atoms with Crippen LogP contribution in [0.2, 0.25) is 0 Å². The van der Waals surface area contributed by atoms with Gasteiger partial charge in [-0.25, -0.2) is 0 Å². The highest BCUT2D eigenvalue weighted by Crippen LogP contribution is 2.19. The van der Waals surface area contributed by atoms with Crippen molar-refractivity contribution in [3.05, 3.63) is 0 Å². The summed E-state index contributed by atoms with van der Waals surface area (Å²) in [5, 5.41) is 3.13. The predicted molar refractivity (Wildman–Crippen MR) is 61.9 cm³/mol. The van der Waals surface area contributed by atoms with E-state index in [9.17, 15) is 4.79 Å². The maximum atomic E-state index is 11.9. The fourth-order valence-electron chi connectivity index (χ4n) is 2.53. The van der Waals surface area contributed by atoms with Gasteiger partial charge in [0, 0.05) is 18.7 Å². The van der Waals surface area contributed by atoms with E-state index < -0.39 is 0 Å². The highest BCUT2D eigenvalue weighted by atomic mass is 16.5. The molecule has 1 atom stereocenters. The summed E-state index contributed by atoms with van der Waals surface area (Å²) >= 11 is 0. The molecule has 0 radical (unpaired) electrons. The molecule has 1 aliphatic heterocycles. The number of nitrogens with two attached hydrogens (primary N) is 1. The highest BCUT2D eigenvalue weighted by molar-refractivity contribution is 5.79. The molecule has 0 bridgehead atoms. The first kappa shape index (κ1) is 11.9. The lowest BCUT2D eigenvalue weighted by Gasteiger charge is -2.29. The van der Waals surface area contributed by atoms with E-state index in [1.54, 1.807) is 0 Å². The second-order valence-corrected chi connectivity index (χ2v) is 5.03. The van der Waals surface area contributed by atoms with Gasteiger partial charge in [0.2, 0.25) is 5.91 Å². The molecule has 2 aliphatic rings. The molecule has 0 aromatic rings. The maximum absolute atomic E-state index is 11.9. The van der Waals surface area contributed by atoms with Gasteiger partial charge in [-0.2, -0.15) is 0 Å². The number of rotatable bonds is 2. The van der Waals surface area contributed by atoms with Gasteiger partial charge in [0.05, 0.1) is 12.5 Å². The molecule has 1 saturated heterocycles. The van der Waals surface area contributed by atoms with E-state index in [-0.39, 0.29) is 11.8 Å². The Bertz CT molecular complexity index is 231. The summed E-state index contributed by atoms with van der Waals surface area (Å²) in [4.78, 5) is 11.9. The molecule has 92 valence electrons. The topological polar surface area (TPSA) is 64.3 Å². The van der Waals surface area contributed by atoms with Crippen LogP contribution in [0.1, 0.15) is 38.5 Å². The van der Waals surface area contributed by atoms with Crippen LogP contribution in [-0.4, -0.2) is 31.2 Å². The number of hydrogen-bond donors (Lipinski definition) is 2. The Balaban J connectivity index is 1.73. The molecule has 1 unspecified atom stereocenters. The first-order valence-corrected chi connectivity index (χ1v) is 6.39. The van der Waals surface area contributed by atoms with Crippen LogP contribution in [0.3, 0.4) is 0 Å². The number of nitrogens with one attached hydrogen (secondary N) is 1. The molecule has 0 spiro atoms. The Morgan fingerprint density at radius 2 is 1.94 bits per heavy atom. The summed E-state index contributed by atoms with van der Waals surface area (Å²) in [5.74, 6) is 0.254. The monoisotopic (exact) mass is 226 g/mol. The van der Waals surface area contributed by atoms with Gasteiger partial charge in [-0.3, -0.25) is 4.79 Å². The lowest BCUT2D eigenvalue weighted by molar-refractivity contribution is -0.129. The smallest absolute Gasteiger partial charge is 0.225 e. The highest BCUT2D eigenvalue weighted by Gasteiger charge is 2.25. The SMILES string of the molecule is NC1CCC(NC(=O)C2CCCOC2)CC1. The molecule has 0 aromatic heterocycles. The van der Waals surface area contributed by atoms with Crippen molar-refractivity contribution < 1.29 is 9.53 Å². The van der Waals surface area contributed by atoms with Crippen molar-refractivity contribution in [2.75, 3.05) is 13.2 Å². The molecular formula is C12H22N2O2. The normalized spacial score (nSPS) is 35.7. The van der Waals surface area contributed by atoms with E-state index in [0.717, 1.165) is 45.1 Å². The van der Waals surface area contributed by atoms with Crippen LogP contribution < -0.4 is 11.1 Å². The quantitative estimate of drug-likeness (QED) is 0.732. The van der Waals surface area contributed by atoms with E-state index in [0.29, 0.717) is 18.7 Å². The van der Waals surface area contributed by atoms with Crippen LogP contribution in [0, 0.1) is 5.92 Å². The molecule has 2 fully saturated rings. The zero-order valence-electron chi connectivity index (χ0n) is 9.78. The standard InChI is InChI=1S/C12H22N2O2/c13-10-3-5-11(6-4-10)14-12(15)9-2-1-7-16-8-9/h9-11H,1-8,13H2,(H,14,15). The van der Waals surface area contributed by atoms with Gasteiger partial charge in [-0.05, 0) is 38.5 Å². The number of ether oxygens (including phenoxy) is 1. The summed E-state index contributed by atoms with van der Waals surface area (Å²) in [6.45, 7) is 1.40. The molecule has 2 rings (SSSR count). The van der Waals surface area contributed by atoms with Crippen molar-refractivity contribution in [1.29, 1.82) is 0 Å². The average molecular weight is 226 g/mol. The number of carbonyl (C=O) groups excluding carboxylic acids is 1. The van der Waals surface area contributed by atoms with Crippen molar-refractivity contribution in [3.8, 4) is 0 Å². The third-order valence-corrected chi connectivity index (χ3v) is 3.65. The molecule has 0 aromatic carbocycles. The number of amides is 1. The lowest BCUT2D eigenvalue weighted by atomic mass is 9.91. The molecule has 4 heteroatoms. The minimum absolute atomic E-state index is 0.0735. The fourth-order valence-corrected chi connectivity index (χ4v) is 2.53. The molecule has 1 amide bonds. The van der Waals surface area contributed by atoms with Crippen LogP contribution in [0.5, 0.6) is 0 Å². The summed E-state index contributed by atoms with van der Waals surface area (Å²) < 4.78 is 5.33. The zero-order chi connectivity index (χ0) is 11.4. The van der Waals surface area contributed by atoms with Crippen molar-refractivity contribution in [1.82, 2.24) is 5.32 Å². The molecule has 1 saturated carbocycles. The zero-order valence-corrected chi connectivity index (χ0v) is 9.78. The second kappa shape index (κ2) is 5.64. The third-order valence-electron chi connectivity index (χ3n) is 3.65. The van der Waals surface area contributed by atoms with Crippen LogP contribution in [0.25, 0.3) is 0 Å². The number of carbonyl (C=O) groups is 1. The lowest BCUT2D eigenvalue weighted by Crippen LogP contribution is -2.44. The summed E-state index contributed by atoms with van der Waals surface area (Å²) in [5.41, 5.74) is 5.84. The Morgan fingerprint density at radius 3 is 2.56 bits per heavy atom. The first-order valence-electron chi connectivity index (χ1n) is 6.39. The van der Waals surface area contributed by atoms with E-state index in [1.807, 2.05) is 0 Å². The predicted octanol–water partition coefficient (Wildman–Crippen LogP) is 0.799. The van der Waals surface area contributed by atoms with E-state index in [4.69, 9.17) is 10.5 Å². The minimum Gasteiger partial charge on any atom is -0.381 e. The largest absolute Gasteiger partial charge is 0.381 e. The van der Waals surface area contributed by atoms with Crippen LogP contribution in [-0.2, 0) is 9.53 Å². The van der Waals surface area contributed by atoms with Crippen LogP contribution in [0.15, 0.2) is 0 Å². The molecule has 16 heavy (non-hydrogen) atoms. The van der Waals surface area contributed by atoms with Gasteiger partial charge in [0.1, 0.15) is 0 Å². The average Bonchev–Trinajstić information content (AvgIpc) is 2.33. The number of hydrogen-bond acceptors (Lipinski definition) is 3. The maximum Gasteiger partial charge on any atom is 0.225 e. The van der Waals surface area contributed by atoms with Crippen molar-refractivity contribution in [2.45, 2.75) is 50.6 Å². The Morgan fingerprint density at radius 1 is 1.19 bits per heavy atom. The molecule has 4 nitrogen and oxygen atoms in total. The third kappa shape index (κ3) is 3.19. The summed E-state index contributed by atoms with van der Waals surface area (Å²) in [6.07, 6.45) is 6.10. The van der Waals surface area contributed by atoms with E-state index in [2.05, 4.69) is 5.32 Å². The molecule has 1 aliphatic carbocycles. The van der Waals surface area contributed by atoms with Crippen molar-refractivity contribution in [2.24, 2.45) is 11.7 Å². The summed E-state index contributed by atoms with van der Waals surface area (Å²) in [7, 11) is 0. The van der Waals surface area contributed by atoms with Crippen LogP contribution >= 0.6 is 0 Å². The molecule has 1 heterocycles. The van der Waals surface area contributed by atoms with Gasteiger partial charge in [0.25, 0.3) is 0 Å². The van der Waals surface area contributed by atoms with Gasteiger partial charge in [-0.15, -0.1) is 0 Å². The fraction of sp³-hybridized carbons (Fsp3) is 0.917. The van der Waals surface area contributed by atoms with Gasteiger partial charge in [0.15, 0.2) is 0 Å². The van der Waals surface area contributed by atoms with Crippen molar-refractivity contribution in [3.63, 3.8) is 0 Å². The van der Waals surface area contributed by atoms with Gasteiger partial charge >= 0.3 is 0 Å². The van der Waals surface area contributed by atoms with Gasteiger partial charge < -0.3 is 15.8 Å². The Labute approximate surface area is 96.9 Å². The van der Waals surface area contributed by atoms with E-state index in [1.165, 1.54) is 0 Å². The Hall–Kier alpha value is -0.610. The first-order chi connectivity index (χ1) is 7.75. The van der Waals surface area contributed by atoms with Crippen molar-refractivity contribution >= 4 is 5.91 Å². The Kier molecular flexibility index (Phi) is 4.18. The minimum atomic E-state index is 0.0735. The molecule has 3 N–H and O–H groups in total. The van der Waals surface area contributed by atoms with E-state index >= 15 is 0 Å². The summed E-state index contributed by atoms with van der Waals surface area (Å²) in [6, 6.07) is 0.681.